The van der Waals surface area contributed by atoms with Gasteiger partial charge in [-0.15, -0.1) is 0 Å². The second-order valence-electron chi connectivity index (χ2n) is 1.83. The van der Waals surface area contributed by atoms with Crippen LogP contribution in [-0.4, -0.2) is 15.2 Å². The van der Waals surface area contributed by atoms with Crippen molar-refractivity contribution in [3.63, 3.8) is 0 Å². The van der Waals surface area contributed by atoms with Crippen molar-refractivity contribution in [1.82, 2.24) is 15.2 Å². The summed E-state index contributed by atoms with van der Waals surface area (Å²) in [5, 5.41) is 7.72. The molecule has 0 aliphatic rings. The quantitative estimate of drug-likeness (QED) is 0.746. The summed E-state index contributed by atoms with van der Waals surface area (Å²) in [7, 11) is 0. The minimum absolute atomic E-state index is 0. The molecule has 0 spiro atoms. The Hall–Kier alpha value is -0.692. The van der Waals surface area contributed by atoms with Crippen molar-refractivity contribution in [3.05, 3.63) is 32.1 Å². The average molecular weight is 318 g/mol. The summed E-state index contributed by atoms with van der Waals surface area (Å²) in [6.45, 7) is 0. The van der Waals surface area contributed by atoms with Gasteiger partial charge in [0.25, 0.3) is 0 Å². The largest absolute Gasteiger partial charge is 0.358 e. The maximum Gasteiger partial charge on any atom is 0.0681 e. The Morgan fingerprint density at radius 3 is 2.82 bits per heavy atom. The monoisotopic (exact) mass is 318 g/mol. The SMILES string of the molecule is [CH3-].[W].c1cc2[nH]ncc2cn1. The number of hydrogen-bond acceptors (Lipinski definition) is 2. The topological polar surface area (TPSA) is 41.6 Å². The van der Waals surface area contributed by atoms with Gasteiger partial charge in [-0.05, 0) is 6.07 Å². The molecule has 1 N–H and O–H groups in total. The fourth-order valence-corrected chi connectivity index (χ4v) is 0.783. The van der Waals surface area contributed by atoms with E-state index in [9.17, 15) is 0 Å². The molecule has 0 aromatic carbocycles. The summed E-state index contributed by atoms with van der Waals surface area (Å²) in [4.78, 5) is 3.93. The summed E-state index contributed by atoms with van der Waals surface area (Å²) >= 11 is 0. The van der Waals surface area contributed by atoms with Gasteiger partial charge in [-0.3, -0.25) is 10.1 Å². The van der Waals surface area contributed by atoms with E-state index in [1.165, 1.54) is 0 Å². The van der Waals surface area contributed by atoms with E-state index in [2.05, 4.69) is 15.2 Å². The van der Waals surface area contributed by atoms with Crippen LogP contribution in [-0.2, 0) is 21.1 Å². The third-order valence-electron chi connectivity index (χ3n) is 1.24. The van der Waals surface area contributed by atoms with Crippen LogP contribution in [0.5, 0.6) is 0 Å². The normalized spacial score (nSPS) is 8.36. The summed E-state index contributed by atoms with van der Waals surface area (Å²) in [5.41, 5.74) is 1.03. The van der Waals surface area contributed by atoms with Crippen molar-refractivity contribution in [3.8, 4) is 0 Å². The number of nitrogens with one attached hydrogen (secondary N) is 1. The van der Waals surface area contributed by atoms with Crippen LogP contribution < -0.4 is 0 Å². The molecular formula is C7H8N3W-. The number of fused-ring (bicyclic) bond motifs is 1. The fourth-order valence-electron chi connectivity index (χ4n) is 0.783. The van der Waals surface area contributed by atoms with Gasteiger partial charge in [-0.25, -0.2) is 0 Å². The van der Waals surface area contributed by atoms with Gasteiger partial charge in [-0.2, -0.15) is 5.10 Å². The second-order valence-corrected chi connectivity index (χ2v) is 1.83. The molecule has 0 atom stereocenters. The van der Waals surface area contributed by atoms with Gasteiger partial charge in [-0.1, -0.05) is 0 Å². The molecule has 11 heavy (non-hydrogen) atoms. The molecule has 0 aliphatic carbocycles. The van der Waals surface area contributed by atoms with Crippen molar-refractivity contribution in [2.24, 2.45) is 0 Å². The Morgan fingerprint density at radius 2 is 2.09 bits per heavy atom. The van der Waals surface area contributed by atoms with E-state index in [-0.39, 0.29) is 28.5 Å². The van der Waals surface area contributed by atoms with E-state index in [1.807, 2.05) is 6.07 Å². The Balaban J connectivity index is 0.000000500. The molecule has 2 aromatic rings. The summed E-state index contributed by atoms with van der Waals surface area (Å²) < 4.78 is 0. The summed E-state index contributed by atoms with van der Waals surface area (Å²) in [6, 6.07) is 1.89. The van der Waals surface area contributed by atoms with Crippen molar-refractivity contribution in [2.45, 2.75) is 0 Å². The Labute approximate surface area is 79.5 Å². The zero-order valence-corrected chi connectivity index (χ0v) is 9.05. The van der Waals surface area contributed by atoms with Crippen LogP contribution in [0.2, 0.25) is 0 Å². The predicted molar refractivity (Wildman–Crippen MR) is 40.3 cm³/mol. The average Bonchev–Trinajstić information content (AvgIpc) is 2.33. The number of rotatable bonds is 0. The first-order valence-electron chi connectivity index (χ1n) is 2.70. The van der Waals surface area contributed by atoms with Crippen molar-refractivity contribution in [1.29, 1.82) is 0 Å². The first kappa shape index (κ1) is 10.3. The van der Waals surface area contributed by atoms with Gasteiger partial charge in [0.2, 0.25) is 0 Å². The molecule has 0 amide bonds. The van der Waals surface area contributed by atoms with E-state index in [0.29, 0.717) is 0 Å². The molecule has 0 unspecified atom stereocenters. The first-order chi connectivity index (χ1) is 4.47. The van der Waals surface area contributed by atoms with Crippen LogP contribution in [0, 0.1) is 7.43 Å². The van der Waals surface area contributed by atoms with E-state index in [4.69, 9.17) is 0 Å². The maximum atomic E-state index is 3.93. The number of aromatic amines is 1. The second kappa shape index (κ2) is 4.24. The van der Waals surface area contributed by atoms with Crippen LogP contribution in [0.15, 0.2) is 24.7 Å². The number of nitrogens with zero attached hydrogens (tertiary/aromatic N) is 2. The summed E-state index contributed by atoms with van der Waals surface area (Å²) in [6.07, 6.45) is 5.27. The van der Waals surface area contributed by atoms with E-state index >= 15 is 0 Å². The van der Waals surface area contributed by atoms with Gasteiger partial charge in [0.15, 0.2) is 0 Å². The maximum absolute atomic E-state index is 3.93. The van der Waals surface area contributed by atoms with Crippen LogP contribution >= 0.6 is 0 Å². The molecule has 0 saturated carbocycles. The molecule has 4 heteroatoms. The molecule has 0 fully saturated rings. The first-order valence-corrected chi connectivity index (χ1v) is 2.70. The molecule has 2 aromatic heterocycles. The third kappa shape index (κ3) is 1.87. The zero-order valence-electron chi connectivity index (χ0n) is 6.11. The summed E-state index contributed by atoms with van der Waals surface area (Å²) in [5.74, 6) is 0. The molecule has 0 radical (unpaired) electrons. The van der Waals surface area contributed by atoms with Crippen molar-refractivity contribution < 1.29 is 21.1 Å². The van der Waals surface area contributed by atoms with E-state index in [0.717, 1.165) is 10.9 Å². The van der Waals surface area contributed by atoms with Gasteiger partial charge >= 0.3 is 0 Å². The smallest absolute Gasteiger partial charge is 0.0681 e. The minimum atomic E-state index is 0. The third-order valence-corrected chi connectivity index (χ3v) is 1.24. The van der Waals surface area contributed by atoms with Crippen LogP contribution in [0.4, 0.5) is 0 Å². The molecule has 58 valence electrons. The Bertz CT molecular complexity index is 288. The molecule has 2 heterocycles. The van der Waals surface area contributed by atoms with Gasteiger partial charge in [0.05, 0.1) is 11.7 Å². The standard InChI is InChI=1S/C6H5N3.CH3.W/c1-2-7-3-5-4-8-9-6(1)5;;/h1-4H,(H,8,9);1H3;/q;-1;. The number of aromatic nitrogens is 3. The van der Waals surface area contributed by atoms with Crippen LogP contribution in [0.1, 0.15) is 0 Å². The van der Waals surface area contributed by atoms with E-state index < -0.39 is 0 Å². The molecule has 3 nitrogen and oxygen atoms in total. The van der Waals surface area contributed by atoms with Crippen molar-refractivity contribution >= 4 is 10.9 Å². The molecule has 2 rings (SSSR count). The van der Waals surface area contributed by atoms with E-state index in [1.54, 1.807) is 18.6 Å². The molecule has 0 bridgehead atoms. The fraction of sp³-hybridized carbons (Fsp3) is 0. The molecule has 0 aliphatic heterocycles. The van der Waals surface area contributed by atoms with Crippen LogP contribution in [0.25, 0.3) is 10.9 Å². The van der Waals surface area contributed by atoms with Gasteiger partial charge < -0.3 is 7.43 Å². The van der Waals surface area contributed by atoms with Gasteiger partial charge in [0, 0.05) is 38.8 Å². The Morgan fingerprint density at radius 1 is 1.27 bits per heavy atom. The molecular weight excluding hydrogens is 310 g/mol. The number of H-pyrrole nitrogens is 1. The predicted octanol–water partition coefficient (Wildman–Crippen LogP) is 1.41. The Kier molecular flexibility index (Phi) is 3.97. The molecule has 0 saturated heterocycles. The number of pyridine rings is 1. The van der Waals surface area contributed by atoms with Crippen molar-refractivity contribution in [2.75, 3.05) is 0 Å². The minimum Gasteiger partial charge on any atom is -0.358 e. The van der Waals surface area contributed by atoms with Crippen LogP contribution in [0.3, 0.4) is 0 Å². The van der Waals surface area contributed by atoms with Gasteiger partial charge in [0.1, 0.15) is 0 Å². The number of hydrogen-bond donors (Lipinski definition) is 1. The zero-order chi connectivity index (χ0) is 6.10.